The molecule has 0 aliphatic rings. The third kappa shape index (κ3) is 5.54. The van der Waals surface area contributed by atoms with Crippen molar-refractivity contribution >= 4 is 17.6 Å². The molecule has 0 heterocycles. The summed E-state index contributed by atoms with van der Waals surface area (Å²) in [6.45, 7) is 3.80. The van der Waals surface area contributed by atoms with Crippen LogP contribution in [0.15, 0.2) is 36.4 Å². The Morgan fingerprint density at radius 2 is 1.52 bits per heavy atom. The first-order valence-corrected chi connectivity index (χ1v) is 8.98. The minimum absolute atomic E-state index is 0.246. The van der Waals surface area contributed by atoms with Crippen LogP contribution < -0.4 is 24.3 Å². The second-order valence-corrected chi connectivity index (χ2v) is 5.91. The van der Waals surface area contributed by atoms with Crippen LogP contribution in [0.1, 0.15) is 24.2 Å². The number of esters is 1. The van der Waals surface area contributed by atoms with Gasteiger partial charge in [0.2, 0.25) is 0 Å². The van der Waals surface area contributed by atoms with Crippen molar-refractivity contribution in [2.45, 2.75) is 20.0 Å². The summed E-state index contributed by atoms with van der Waals surface area (Å²) in [5, 5.41) is 2.68. The molecule has 0 aromatic heterocycles. The standard InChI is InChI=1S/C21H25NO7/c1-6-28-17-9-7-14(11-18(17)26-4)21(24)29-13(2)20(23)22-15-8-10-16(25-3)19(12-15)27-5/h7-13H,6H2,1-5H3,(H,22,23)/t13-/m0/s1. The van der Waals surface area contributed by atoms with E-state index in [1.807, 2.05) is 6.92 Å². The number of methoxy groups -OCH3 is 3. The second-order valence-electron chi connectivity index (χ2n) is 5.91. The molecule has 0 aliphatic heterocycles. The van der Waals surface area contributed by atoms with Gasteiger partial charge in [0.15, 0.2) is 29.1 Å². The highest BCUT2D eigenvalue weighted by Gasteiger charge is 2.21. The van der Waals surface area contributed by atoms with Crippen molar-refractivity contribution in [3.63, 3.8) is 0 Å². The second kappa shape index (κ2) is 10.2. The van der Waals surface area contributed by atoms with E-state index in [0.717, 1.165) is 0 Å². The Labute approximate surface area is 169 Å². The summed E-state index contributed by atoms with van der Waals surface area (Å²) in [6.07, 6.45) is -1.02. The molecule has 2 aromatic rings. The molecule has 0 unspecified atom stereocenters. The molecule has 1 amide bonds. The highest BCUT2D eigenvalue weighted by Crippen LogP contribution is 2.30. The van der Waals surface area contributed by atoms with Crippen LogP contribution in [0.5, 0.6) is 23.0 Å². The van der Waals surface area contributed by atoms with E-state index in [-0.39, 0.29) is 5.56 Å². The van der Waals surface area contributed by atoms with Crippen molar-refractivity contribution in [1.29, 1.82) is 0 Å². The molecule has 0 bridgehead atoms. The fourth-order valence-electron chi connectivity index (χ4n) is 2.51. The van der Waals surface area contributed by atoms with E-state index < -0.39 is 18.0 Å². The highest BCUT2D eigenvalue weighted by molar-refractivity contribution is 5.97. The number of rotatable bonds is 9. The number of anilines is 1. The summed E-state index contributed by atoms with van der Waals surface area (Å²) in [4.78, 5) is 24.8. The molecular weight excluding hydrogens is 378 g/mol. The van der Waals surface area contributed by atoms with Crippen LogP contribution in [0.25, 0.3) is 0 Å². The van der Waals surface area contributed by atoms with Gasteiger partial charge in [-0.2, -0.15) is 0 Å². The smallest absolute Gasteiger partial charge is 0.339 e. The molecule has 0 aliphatic carbocycles. The van der Waals surface area contributed by atoms with Gasteiger partial charge in [-0.15, -0.1) is 0 Å². The first-order valence-electron chi connectivity index (χ1n) is 8.98. The summed E-state index contributed by atoms with van der Waals surface area (Å²) in [5.41, 5.74) is 0.731. The fourth-order valence-corrected chi connectivity index (χ4v) is 2.51. The average molecular weight is 403 g/mol. The minimum atomic E-state index is -1.02. The number of carbonyl (C=O) groups is 2. The fraction of sp³-hybridized carbons (Fsp3) is 0.333. The van der Waals surface area contributed by atoms with E-state index in [1.165, 1.54) is 34.3 Å². The summed E-state index contributed by atoms with van der Waals surface area (Å²) < 4.78 is 26.3. The zero-order chi connectivity index (χ0) is 21.4. The lowest BCUT2D eigenvalue weighted by molar-refractivity contribution is -0.123. The summed E-state index contributed by atoms with van der Waals surface area (Å²) in [5.74, 6) is 0.796. The van der Waals surface area contributed by atoms with Gasteiger partial charge in [-0.05, 0) is 44.2 Å². The molecule has 2 rings (SSSR count). The van der Waals surface area contributed by atoms with Gasteiger partial charge in [0.05, 0.1) is 33.5 Å². The van der Waals surface area contributed by atoms with Gasteiger partial charge in [0, 0.05) is 11.8 Å². The van der Waals surface area contributed by atoms with Crippen molar-refractivity contribution in [2.24, 2.45) is 0 Å². The Morgan fingerprint density at radius 3 is 2.14 bits per heavy atom. The predicted molar refractivity (Wildman–Crippen MR) is 107 cm³/mol. The lowest BCUT2D eigenvalue weighted by Crippen LogP contribution is -2.30. The normalized spacial score (nSPS) is 11.2. The first-order chi connectivity index (χ1) is 13.9. The van der Waals surface area contributed by atoms with Crippen molar-refractivity contribution in [3.05, 3.63) is 42.0 Å². The van der Waals surface area contributed by atoms with Gasteiger partial charge in [-0.25, -0.2) is 4.79 Å². The molecule has 0 radical (unpaired) electrons. The first kappa shape index (κ1) is 21.9. The zero-order valence-corrected chi connectivity index (χ0v) is 17.1. The topological polar surface area (TPSA) is 92.3 Å². The molecule has 8 heteroatoms. The van der Waals surface area contributed by atoms with Crippen LogP contribution in [0.3, 0.4) is 0 Å². The van der Waals surface area contributed by atoms with Crippen LogP contribution in [-0.4, -0.2) is 45.9 Å². The molecule has 0 spiro atoms. The van der Waals surface area contributed by atoms with E-state index in [9.17, 15) is 9.59 Å². The van der Waals surface area contributed by atoms with Gasteiger partial charge >= 0.3 is 5.97 Å². The maximum absolute atomic E-state index is 12.4. The Morgan fingerprint density at radius 1 is 0.897 bits per heavy atom. The van der Waals surface area contributed by atoms with E-state index in [4.69, 9.17) is 23.7 Å². The Bertz CT molecular complexity index is 866. The molecule has 2 aromatic carbocycles. The van der Waals surface area contributed by atoms with E-state index in [0.29, 0.717) is 35.3 Å². The van der Waals surface area contributed by atoms with Crippen LogP contribution >= 0.6 is 0 Å². The molecule has 0 saturated heterocycles. The van der Waals surface area contributed by atoms with Crippen molar-refractivity contribution in [3.8, 4) is 23.0 Å². The Balaban J connectivity index is 2.04. The molecule has 1 atom stereocenters. The third-order valence-corrected chi connectivity index (χ3v) is 4.00. The number of hydrogen-bond donors (Lipinski definition) is 1. The van der Waals surface area contributed by atoms with Crippen molar-refractivity contribution in [1.82, 2.24) is 0 Å². The number of amides is 1. The third-order valence-electron chi connectivity index (χ3n) is 4.00. The number of hydrogen-bond acceptors (Lipinski definition) is 7. The molecule has 0 saturated carbocycles. The monoisotopic (exact) mass is 403 g/mol. The van der Waals surface area contributed by atoms with Gasteiger partial charge in [0.1, 0.15) is 0 Å². The quantitative estimate of drug-likeness (QED) is 0.642. The maximum Gasteiger partial charge on any atom is 0.339 e. The number of nitrogens with one attached hydrogen (secondary N) is 1. The summed E-state index contributed by atoms with van der Waals surface area (Å²) in [7, 11) is 4.50. The number of ether oxygens (including phenoxy) is 5. The minimum Gasteiger partial charge on any atom is -0.493 e. The van der Waals surface area contributed by atoms with Crippen LogP contribution in [0, 0.1) is 0 Å². The summed E-state index contributed by atoms with van der Waals surface area (Å²) in [6, 6.07) is 9.61. The Kier molecular flexibility index (Phi) is 7.70. The lowest BCUT2D eigenvalue weighted by atomic mass is 10.2. The molecular formula is C21H25NO7. The molecule has 1 N–H and O–H groups in total. The largest absolute Gasteiger partial charge is 0.493 e. The zero-order valence-electron chi connectivity index (χ0n) is 17.1. The highest BCUT2D eigenvalue weighted by atomic mass is 16.5. The van der Waals surface area contributed by atoms with E-state index in [1.54, 1.807) is 30.3 Å². The molecule has 156 valence electrons. The maximum atomic E-state index is 12.4. The molecule has 8 nitrogen and oxygen atoms in total. The van der Waals surface area contributed by atoms with Gasteiger partial charge in [-0.1, -0.05) is 0 Å². The molecule has 0 fully saturated rings. The van der Waals surface area contributed by atoms with Gasteiger partial charge < -0.3 is 29.0 Å². The van der Waals surface area contributed by atoms with E-state index >= 15 is 0 Å². The number of carbonyl (C=O) groups excluding carboxylic acids is 2. The van der Waals surface area contributed by atoms with Crippen LogP contribution in [0.4, 0.5) is 5.69 Å². The Hall–Kier alpha value is -3.42. The van der Waals surface area contributed by atoms with E-state index in [2.05, 4.69) is 5.32 Å². The van der Waals surface area contributed by atoms with Gasteiger partial charge in [0.25, 0.3) is 5.91 Å². The van der Waals surface area contributed by atoms with Crippen LogP contribution in [0.2, 0.25) is 0 Å². The molecule has 29 heavy (non-hydrogen) atoms. The van der Waals surface area contributed by atoms with Gasteiger partial charge in [-0.3, -0.25) is 4.79 Å². The SMILES string of the molecule is CCOc1ccc(C(=O)O[C@@H](C)C(=O)Nc2ccc(OC)c(OC)c2)cc1OC. The lowest BCUT2D eigenvalue weighted by Gasteiger charge is -2.15. The van der Waals surface area contributed by atoms with Crippen LogP contribution in [-0.2, 0) is 9.53 Å². The van der Waals surface area contributed by atoms with Crippen molar-refractivity contribution < 1.29 is 33.3 Å². The number of benzene rings is 2. The average Bonchev–Trinajstić information content (AvgIpc) is 2.73. The predicted octanol–water partition coefficient (Wildman–Crippen LogP) is 3.30. The summed E-state index contributed by atoms with van der Waals surface area (Å²) >= 11 is 0. The van der Waals surface area contributed by atoms with Crippen molar-refractivity contribution in [2.75, 3.05) is 33.3 Å².